The van der Waals surface area contributed by atoms with E-state index in [0.717, 1.165) is 12.1 Å². The summed E-state index contributed by atoms with van der Waals surface area (Å²) in [5.41, 5.74) is 0.953. The zero-order chi connectivity index (χ0) is 20.8. The molecule has 1 heterocycles. The van der Waals surface area contributed by atoms with Crippen molar-refractivity contribution in [3.05, 3.63) is 64.7 Å². The molecule has 1 aliphatic rings. The van der Waals surface area contributed by atoms with Crippen LogP contribution in [-0.2, 0) is 9.59 Å². The molecule has 0 saturated carbocycles. The number of anilines is 1. The molecule has 8 nitrogen and oxygen atoms in total. The van der Waals surface area contributed by atoms with E-state index in [0.29, 0.717) is 17.4 Å². The first-order valence-electron chi connectivity index (χ1n) is 9.14. The third kappa shape index (κ3) is 5.20. The number of nitro benzene ring substituents is 1. The number of para-hydroxylation sites is 1. The van der Waals surface area contributed by atoms with Crippen molar-refractivity contribution in [3.8, 4) is 0 Å². The summed E-state index contributed by atoms with van der Waals surface area (Å²) in [5.74, 6) is -0.533. The van der Waals surface area contributed by atoms with Crippen molar-refractivity contribution in [2.75, 3.05) is 11.9 Å². The molecule has 0 radical (unpaired) electrons. The molecule has 150 valence electrons. The number of hydrogen-bond acceptors (Lipinski definition) is 6. The van der Waals surface area contributed by atoms with Crippen molar-refractivity contribution >= 4 is 45.8 Å². The number of nitro groups is 1. The number of aliphatic imine (C=N–C) groups is 1. The average molecular weight is 412 g/mol. The van der Waals surface area contributed by atoms with E-state index in [1.165, 1.54) is 30.0 Å². The maximum absolute atomic E-state index is 12.8. The lowest BCUT2D eigenvalue weighted by Crippen LogP contribution is -2.34. The summed E-state index contributed by atoms with van der Waals surface area (Å²) in [7, 11) is 0. The molecule has 1 aliphatic heterocycles. The molecule has 0 bridgehead atoms. The summed E-state index contributed by atoms with van der Waals surface area (Å²) in [6, 6.07) is 15.0. The van der Waals surface area contributed by atoms with E-state index in [1.54, 1.807) is 11.0 Å². The van der Waals surface area contributed by atoms with Crippen LogP contribution in [-0.4, -0.2) is 38.6 Å². The Kier molecular flexibility index (Phi) is 6.61. The summed E-state index contributed by atoms with van der Waals surface area (Å²) >= 11 is 1.27. The molecule has 0 spiro atoms. The zero-order valence-corrected chi connectivity index (χ0v) is 16.6. The maximum Gasteiger partial charge on any atom is 0.271 e. The fourth-order valence-corrected chi connectivity index (χ4v) is 4.03. The van der Waals surface area contributed by atoms with Crippen LogP contribution in [0.1, 0.15) is 19.8 Å². The van der Waals surface area contributed by atoms with Crippen LogP contribution in [0.5, 0.6) is 0 Å². The van der Waals surface area contributed by atoms with Gasteiger partial charge in [-0.25, -0.2) is 4.99 Å². The number of nitrogens with one attached hydrogen (secondary N) is 1. The smallest absolute Gasteiger partial charge is 0.271 e. The van der Waals surface area contributed by atoms with Gasteiger partial charge in [-0.15, -0.1) is 0 Å². The van der Waals surface area contributed by atoms with E-state index >= 15 is 0 Å². The van der Waals surface area contributed by atoms with Crippen LogP contribution in [0.3, 0.4) is 0 Å². The van der Waals surface area contributed by atoms with Gasteiger partial charge in [0.05, 0.1) is 10.6 Å². The second-order valence-electron chi connectivity index (χ2n) is 6.39. The van der Waals surface area contributed by atoms with Crippen molar-refractivity contribution in [3.63, 3.8) is 0 Å². The van der Waals surface area contributed by atoms with Crippen LogP contribution >= 0.6 is 11.8 Å². The Morgan fingerprint density at radius 3 is 2.69 bits per heavy atom. The van der Waals surface area contributed by atoms with Crippen LogP contribution in [0.4, 0.5) is 17.1 Å². The lowest BCUT2D eigenvalue weighted by Gasteiger charge is -2.15. The molecular formula is C20H20N4O4S. The molecule has 2 aromatic carbocycles. The second kappa shape index (κ2) is 9.33. The summed E-state index contributed by atoms with van der Waals surface area (Å²) < 4.78 is 0. The van der Waals surface area contributed by atoms with Gasteiger partial charge >= 0.3 is 0 Å². The van der Waals surface area contributed by atoms with Gasteiger partial charge in [0.25, 0.3) is 5.69 Å². The number of non-ortho nitro benzene ring substituents is 1. The molecule has 3 rings (SSSR count). The number of rotatable bonds is 7. The Balaban J connectivity index is 1.71. The van der Waals surface area contributed by atoms with E-state index < -0.39 is 10.2 Å². The van der Waals surface area contributed by atoms with E-state index in [1.807, 2.05) is 37.3 Å². The van der Waals surface area contributed by atoms with Crippen LogP contribution in [0.2, 0.25) is 0 Å². The number of amidine groups is 1. The fraction of sp³-hybridized carbons (Fsp3) is 0.250. The van der Waals surface area contributed by atoms with Gasteiger partial charge in [0.2, 0.25) is 11.8 Å². The first-order chi connectivity index (χ1) is 14.0. The van der Waals surface area contributed by atoms with Gasteiger partial charge in [-0.05, 0) is 24.6 Å². The molecule has 2 aromatic rings. The number of carbonyl (C=O) groups is 2. The Hall–Kier alpha value is -3.20. The highest BCUT2D eigenvalue weighted by molar-refractivity contribution is 8.15. The van der Waals surface area contributed by atoms with Gasteiger partial charge in [0.1, 0.15) is 5.25 Å². The minimum atomic E-state index is -0.581. The highest BCUT2D eigenvalue weighted by Crippen LogP contribution is 2.32. The Bertz CT molecular complexity index is 949. The van der Waals surface area contributed by atoms with Crippen LogP contribution < -0.4 is 5.32 Å². The van der Waals surface area contributed by atoms with Gasteiger partial charge in [-0.1, -0.05) is 43.0 Å². The van der Waals surface area contributed by atoms with Gasteiger partial charge in [-0.2, -0.15) is 0 Å². The topological polar surface area (TPSA) is 105 Å². The zero-order valence-electron chi connectivity index (χ0n) is 15.8. The molecule has 1 N–H and O–H groups in total. The average Bonchev–Trinajstić information content (AvgIpc) is 2.98. The molecule has 1 saturated heterocycles. The first kappa shape index (κ1) is 20.5. The van der Waals surface area contributed by atoms with Crippen molar-refractivity contribution in [2.45, 2.75) is 25.0 Å². The van der Waals surface area contributed by atoms with Crippen LogP contribution in [0.15, 0.2) is 59.6 Å². The molecule has 0 aromatic heterocycles. The molecule has 1 atom stereocenters. The van der Waals surface area contributed by atoms with Crippen molar-refractivity contribution in [1.82, 2.24) is 4.90 Å². The molecule has 2 amide bonds. The highest BCUT2D eigenvalue weighted by atomic mass is 32.2. The first-order valence-corrected chi connectivity index (χ1v) is 10.0. The predicted molar refractivity (Wildman–Crippen MR) is 113 cm³/mol. The van der Waals surface area contributed by atoms with Gasteiger partial charge in [-0.3, -0.25) is 24.6 Å². The predicted octanol–water partition coefficient (Wildman–Crippen LogP) is 3.97. The van der Waals surface area contributed by atoms with Crippen LogP contribution in [0.25, 0.3) is 0 Å². The number of nitrogens with zero attached hydrogens (tertiary/aromatic N) is 3. The third-order valence-corrected chi connectivity index (χ3v) is 5.34. The number of thioether (sulfide) groups is 1. The quantitative estimate of drug-likeness (QED) is 0.547. The maximum atomic E-state index is 12.8. The third-order valence-electron chi connectivity index (χ3n) is 4.16. The van der Waals surface area contributed by atoms with Gasteiger partial charge in [0, 0.05) is 30.8 Å². The number of amides is 2. The van der Waals surface area contributed by atoms with Crippen molar-refractivity contribution < 1.29 is 14.5 Å². The minimum Gasteiger partial charge on any atom is -0.326 e. The summed E-state index contributed by atoms with van der Waals surface area (Å²) in [5, 5.41) is 13.5. The molecule has 29 heavy (non-hydrogen) atoms. The Labute approximate surface area is 172 Å². The van der Waals surface area contributed by atoms with E-state index in [4.69, 9.17) is 0 Å². The van der Waals surface area contributed by atoms with E-state index in [9.17, 15) is 19.7 Å². The van der Waals surface area contributed by atoms with Crippen LogP contribution in [0, 0.1) is 10.1 Å². The SMILES string of the molecule is CCCN1C(=O)[C@H](CC(=O)Nc2cccc([N+](=O)[O-])c2)SC1=Nc1ccccc1. The second-order valence-corrected chi connectivity index (χ2v) is 7.56. The summed E-state index contributed by atoms with van der Waals surface area (Å²) in [6.07, 6.45) is 0.729. The van der Waals surface area contributed by atoms with E-state index in [-0.39, 0.29) is 23.9 Å². The Morgan fingerprint density at radius 2 is 2.00 bits per heavy atom. The lowest BCUT2D eigenvalue weighted by molar-refractivity contribution is -0.384. The largest absolute Gasteiger partial charge is 0.326 e. The summed E-state index contributed by atoms with van der Waals surface area (Å²) in [6.45, 7) is 2.50. The lowest BCUT2D eigenvalue weighted by atomic mass is 10.2. The normalized spacial score (nSPS) is 17.6. The van der Waals surface area contributed by atoms with Crippen molar-refractivity contribution in [1.29, 1.82) is 0 Å². The molecule has 0 aliphatic carbocycles. The number of hydrogen-bond donors (Lipinski definition) is 1. The standard InChI is InChI=1S/C20H20N4O4S/c1-2-11-23-19(26)17(29-20(23)22-14-7-4-3-5-8-14)13-18(25)21-15-9-6-10-16(12-15)24(27)28/h3-10,12,17H,2,11,13H2,1H3,(H,21,25)/t17-/m0/s1. The Morgan fingerprint density at radius 1 is 1.24 bits per heavy atom. The summed E-state index contributed by atoms with van der Waals surface area (Å²) in [4.78, 5) is 41.7. The van der Waals surface area contributed by atoms with E-state index in [2.05, 4.69) is 10.3 Å². The molecule has 0 unspecified atom stereocenters. The van der Waals surface area contributed by atoms with Gasteiger partial charge in [0.15, 0.2) is 5.17 Å². The minimum absolute atomic E-state index is 0.0415. The van der Waals surface area contributed by atoms with Gasteiger partial charge < -0.3 is 5.32 Å². The highest BCUT2D eigenvalue weighted by Gasteiger charge is 2.38. The fourth-order valence-electron chi connectivity index (χ4n) is 2.85. The molecule has 1 fully saturated rings. The number of benzene rings is 2. The number of carbonyl (C=O) groups excluding carboxylic acids is 2. The molecule has 9 heteroatoms. The van der Waals surface area contributed by atoms with Crippen molar-refractivity contribution in [2.24, 2.45) is 4.99 Å². The monoisotopic (exact) mass is 412 g/mol. The molecular weight excluding hydrogens is 392 g/mol.